The van der Waals surface area contributed by atoms with E-state index in [1.54, 1.807) is 0 Å². The van der Waals surface area contributed by atoms with Gasteiger partial charge in [0.05, 0.1) is 0 Å². The van der Waals surface area contributed by atoms with Crippen molar-refractivity contribution in [2.24, 2.45) is 0 Å². The summed E-state index contributed by atoms with van der Waals surface area (Å²) in [5, 5.41) is 8.07. The normalized spacial score (nSPS) is 11.9. The number of rotatable bonds is 6. The first-order valence-electron chi connectivity index (χ1n) is 16.9. The van der Waals surface area contributed by atoms with Crippen molar-refractivity contribution in [1.29, 1.82) is 0 Å². The summed E-state index contributed by atoms with van der Waals surface area (Å²) >= 11 is 0.268. The standard InChI is InChI=1S/C47H35NSe/c1-47(2,35-14-7-4-8-15-35)36-24-28-38(29-25-36)48(37-26-20-33(21-27-37)32-12-5-3-6-13-32)43-18-11-17-41-39(43)30-22-34-23-31-42-40-16-9-10-19-44(40)49-46(42)45(34)41/h3-31H,1-2H3. The van der Waals surface area contributed by atoms with Crippen LogP contribution in [0.15, 0.2) is 176 Å². The van der Waals surface area contributed by atoms with Crippen molar-refractivity contribution in [1.82, 2.24) is 0 Å². The van der Waals surface area contributed by atoms with Crippen molar-refractivity contribution in [3.05, 3.63) is 187 Å². The number of fused-ring (bicyclic) bond motifs is 7. The molecule has 0 spiro atoms. The number of anilines is 3. The Morgan fingerprint density at radius 2 is 1.00 bits per heavy atom. The molecule has 0 unspecified atom stereocenters. The summed E-state index contributed by atoms with van der Waals surface area (Å²) in [6.07, 6.45) is 0. The van der Waals surface area contributed by atoms with Gasteiger partial charge < -0.3 is 0 Å². The van der Waals surface area contributed by atoms with E-state index in [9.17, 15) is 0 Å². The Balaban J connectivity index is 1.24. The van der Waals surface area contributed by atoms with Crippen LogP contribution in [-0.2, 0) is 5.41 Å². The van der Waals surface area contributed by atoms with Gasteiger partial charge in [-0.15, -0.1) is 0 Å². The number of nitrogens with zero attached hydrogens (tertiary/aromatic N) is 1. The van der Waals surface area contributed by atoms with E-state index in [-0.39, 0.29) is 19.9 Å². The van der Waals surface area contributed by atoms with Crippen LogP contribution in [0.25, 0.3) is 52.0 Å². The van der Waals surface area contributed by atoms with Crippen LogP contribution >= 0.6 is 0 Å². The Kier molecular flexibility index (Phi) is 7.24. The molecule has 0 aliphatic rings. The summed E-state index contributed by atoms with van der Waals surface area (Å²) in [5.41, 5.74) is 8.39. The molecule has 9 rings (SSSR count). The van der Waals surface area contributed by atoms with Gasteiger partial charge in [0.1, 0.15) is 0 Å². The summed E-state index contributed by atoms with van der Waals surface area (Å²) < 4.78 is 2.98. The third-order valence-corrected chi connectivity index (χ3v) is 12.7. The summed E-state index contributed by atoms with van der Waals surface area (Å²) in [4.78, 5) is 2.44. The van der Waals surface area contributed by atoms with Crippen molar-refractivity contribution in [2.45, 2.75) is 19.3 Å². The molecule has 1 heterocycles. The molecule has 0 bridgehead atoms. The summed E-state index contributed by atoms with van der Waals surface area (Å²) in [6, 6.07) is 64.7. The van der Waals surface area contributed by atoms with Gasteiger partial charge in [-0.2, -0.15) is 0 Å². The fourth-order valence-corrected chi connectivity index (χ4v) is 10.1. The summed E-state index contributed by atoms with van der Waals surface area (Å²) in [6.45, 7) is 4.62. The van der Waals surface area contributed by atoms with Crippen LogP contribution in [0.5, 0.6) is 0 Å². The molecule has 2 heteroatoms. The summed E-state index contributed by atoms with van der Waals surface area (Å²) in [7, 11) is 0. The van der Waals surface area contributed by atoms with Gasteiger partial charge in [-0.3, -0.25) is 0 Å². The fraction of sp³-hybridized carbons (Fsp3) is 0.0638. The average molecular weight is 693 g/mol. The SMILES string of the molecule is CC(C)(c1ccccc1)c1ccc(N(c2ccc(-c3ccccc3)cc2)c2cccc3c2ccc2ccc4c5ccccc5[se]c4c23)cc1. The molecule has 0 saturated heterocycles. The minimum absolute atomic E-state index is 0.111. The van der Waals surface area contributed by atoms with E-state index in [2.05, 4.69) is 195 Å². The first kappa shape index (κ1) is 29.7. The third kappa shape index (κ3) is 5.08. The van der Waals surface area contributed by atoms with E-state index in [4.69, 9.17) is 0 Å². The van der Waals surface area contributed by atoms with Crippen LogP contribution in [0.4, 0.5) is 17.1 Å². The second-order valence-electron chi connectivity index (χ2n) is 13.4. The molecule has 0 fully saturated rings. The molecule has 0 aliphatic carbocycles. The van der Waals surface area contributed by atoms with E-state index in [0.29, 0.717) is 0 Å². The molecule has 1 nitrogen and oxygen atoms in total. The van der Waals surface area contributed by atoms with Crippen LogP contribution in [0.2, 0.25) is 0 Å². The van der Waals surface area contributed by atoms with Crippen molar-refractivity contribution in [3.8, 4) is 11.1 Å². The monoisotopic (exact) mass is 693 g/mol. The van der Waals surface area contributed by atoms with E-state index < -0.39 is 0 Å². The molecule has 0 N–H and O–H groups in total. The van der Waals surface area contributed by atoms with E-state index in [1.165, 1.54) is 68.8 Å². The predicted molar refractivity (Wildman–Crippen MR) is 212 cm³/mol. The first-order chi connectivity index (χ1) is 24.1. The van der Waals surface area contributed by atoms with E-state index in [1.807, 2.05) is 0 Å². The second kappa shape index (κ2) is 11.9. The van der Waals surface area contributed by atoms with Crippen LogP contribution in [0.3, 0.4) is 0 Å². The maximum absolute atomic E-state index is 2.44. The zero-order valence-corrected chi connectivity index (χ0v) is 29.3. The topological polar surface area (TPSA) is 3.24 Å². The molecule has 0 aliphatic heterocycles. The molecule has 49 heavy (non-hydrogen) atoms. The maximum atomic E-state index is 2.44. The van der Waals surface area contributed by atoms with Gasteiger partial charge in [-0.1, -0.05) is 48.5 Å². The molecular formula is C47H35NSe. The molecule has 8 aromatic carbocycles. The Bertz CT molecular complexity index is 2600. The molecule has 234 valence electrons. The van der Waals surface area contributed by atoms with Crippen molar-refractivity contribution in [2.75, 3.05) is 4.90 Å². The molecular weight excluding hydrogens is 657 g/mol. The van der Waals surface area contributed by atoms with Crippen molar-refractivity contribution < 1.29 is 0 Å². The fourth-order valence-electron chi connectivity index (χ4n) is 7.44. The van der Waals surface area contributed by atoms with Crippen molar-refractivity contribution in [3.63, 3.8) is 0 Å². The second-order valence-corrected chi connectivity index (χ2v) is 15.6. The Hall–Kier alpha value is -5.40. The predicted octanol–water partition coefficient (Wildman–Crippen LogP) is 12.8. The molecule has 0 amide bonds. The van der Waals surface area contributed by atoms with E-state index in [0.717, 1.165) is 11.4 Å². The third-order valence-electron chi connectivity index (χ3n) is 10.2. The zero-order chi connectivity index (χ0) is 33.0. The van der Waals surface area contributed by atoms with Gasteiger partial charge in [-0.05, 0) is 0 Å². The van der Waals surface area contributed by atoms with Gasteiger partial charge in [0, 0.05) is 0 Å². The van der Waals surface area contributed by atoms with Crippen LogP contribution in [0, 0.1) is 0 Å². The van der Waals surface area contributed by atoms with Gasteiger partial charge in [-0.25, -0.2) is 0 Å². The Morgan fingerprint density at radius 1 is 0.429 bits per heavy atom. The molecule has 9 aromatic rings. The number of hydrogen-bond donors (Lipinski definition) is 0. The van der Waals surface area contributed by atoms with E-state index >= 15 is 0 Å². The van der Waals surface area contributed by atoms with Gasteiger partial charge in [0.25, 0.3) is 0 Å². The number of benzene rings is 8. The first-order valence-corrected chi connectivity index (χ1v) is 18.6. The zero-order valence-electron chi connectivity index (χ0n) is 27.6. The van der Waals surface area contributed by atoms with Gasteiger partial charge in [0.15, 0.2) is 0 Å². The van der Waals surface area contributed by atoms with Gasteiger partial charge in [0.2, 0.25) is 0 Å². The molecule has 0 atom stereocenters. The quantitative estimate of drug-likeness (QED) is 0.124. The minimum atomic E-state index is -0.111. The Morgan fingerprint density at radius 3 is 1.73 bits per heavy atom. The molecule has 0 saturated carbocycles. The van der Waals surface area contributed by atoms with Crippen molar-refractivity contribution >= 4 is 72.4 Å². The average Bonchev–Trinajstić information content (AvgIpc) is 3.55. The van der Waals surface area contributed by atoms with Crippen LogP contribution in [0.1, 0.15) is 25.0 Å². The molecule has 1 aromatic heterocycles. The summed E-state index contributed by atoms with van der Waals surface area (Å²) in [5.74, 6) is 0. The van der Waals surface area contributed by atoms with Crippen LogP contribution < -0.4 is 4.90 Å². The number of hydrogen-bond acceptors (Lipinski definition) is 1. The van der Waals surface area contributed by atoms with Gasteiger partial charge >= 0.3 is 246 Å². The van der Waals surface area contributed by atoms with Crippen LogP contribution in [-0.4, -0.2) is 14.5 Å². The molecule has 0 radical (unpaired) electrons. The Labute approximate surface area is 293 Å².